The highest BCUT2D eigenvalue weighted by Gasteiger charge is 2.27. The molecule has 0 saturated heterocycles. The number of carbonyl (C=O) groups excluding carboxylic acids is 1. The van der Waals surface area contributed by atoms with Crippen molar-refractivity contribution in [3.05, 3.63) is 22.1 Å². The van der Waals surface area contributed by atoms with Crippen molar-refractivity contribution in [2.75, 3.05) is 5.75 Å². The lowest BCUT2D eigenvalue weighted by Gasteiger charge is -2.34. The number of aromatic amines is 1. The van der Waals surface area contributed by atoms with Crippen LogP contribution in [0.1, 0.15) is 38.8 Å². The smallest absolute Gasteiger partial charge is 0.251 e. The molecule has 1 amide bonds. The molecule has 1 heterocycles. The van der Waals surface area contributed by atoms with Crippen LogP contribution in [0.4, 0.5) is 0 Å². The first-order chi connectivity index (χ1) is 9.95. The maximum atomic E-state index is 12.1. The minimum Gasteiger partial charge on any atom is -0.352 e. The van der Waals surface area contributed by atoms with Gasteiger partial charge in [0.1, 0.15) is 0 Å². The molecule has 0 aliphatic heterocycles. The fraction of sp³-hybridized carbons (Fsp3) is 0.667. The van der Waals surface area contributed by atoms with Crippen LogP contribution >= 0.6 is 11.8 Å². The average molecular weight is 309 g/mol. The fourth-order valence-corrected chi connectivity index (χ4v) is 3.52. The van der Waals surface area contributed by atoms with Gasteiger partial charge in [0.2, 0.25) is 5.91 Å². The van der Waals surface area contributed by atoms with E-state index in [2.05, 4.69) is 29.1 Å². The number of aromatic nitrogens is 2. The summed E-state index contributed by atoms with van der Waals surface area (Å²) in [4.78, 5) is 30.2. The molecule has 116 valence electrons. The summed E-state index contributed by atoms with van der Waals surface area (Å²) in [5.41, 5.74) is 0.483. The van der Waals surface area contributed by atoms with E-state index in [4.69, 9.17) is 0 Å². The Bertz CT molecular complexity index is 558. The number of rotatable bonds is 4. The summed E-state index contributed by atoms with van der Waals surface area (Å²) in [7, 11) is 0. The molecule has 1 fully saturated rings. The van der Waals surface area contributed by atoms with Gasteiger partial charge >= 0.3 is 0 Å². The number of H-pyrrole nitrogens is 1. The van der Waals surface area contributed by atoms with Crippen molar-refractivity contribution in [3.8, 4) is 0 Å². The van der Waals surface area contributed by atoms with Crippen molar-refractivity contribution >= 4 is 17.7 Å². The zero-order valence-electron chi connectivity index (χ0n) is 12.8. The molecule has 0 spiro atoms. The van der Waals surface area contributed by atoms with Gasteiger partial charge in [0.15, 0.2) is 5.16 Å². The Kier molecular flexibility index (Phi) is 5.45. The van der Waals surface area contributed by atoms with Crippen LogP contribution in [0.2, 0.25) is 0 Å². The molecule has 0 aromatic carbocycles. The number of amides is 1. The van der Waals surface area contributed by atoms with Gasteiger partial charge in [-0.3, -0.25) is 9.59 Å². The molecule has 1 aromatic heterocycles. The number of thioether (sulfide) groups is 1. The fourth-order valence-electron chi connectivity index (χ4n) is 2.79. The van der Waals surface area contributed by atoms with Crippen molar-refractivity contribution < 1.29 is 4.79 Å². The molecule has 6 heteroatoms. The van der Waals surface area contributed by atoms with Gasteiger partial charge in [-0.05, 0) is 25.2 Å². The molecule has 2 N–H and O–H groups in total. The second-order valence-corrected chi connectivity index (χ2v) is 6.89. The van der Waals surface area contributed by atoms with Crippen LogP contribution in [-0.2, 0) is 4.79 Å². The highest BCUT2D eigenvalue weighted by atomic mass is 32.2. The van der Waals surface area contributed by atoms with E-state index in [1.54, 1.807) is 6.92 Å². The Balaban J connectivity index is 1.86. The molecule has 2 rings (SSSR count). The highest BCUT2D eigenvalue weighted by molar-refractivity contribution is 7.99. The normalized spacial score (nSPS) is 25.6. The number of aryl methyl sites for hydroxylation is 1. The summed E-state index contributed by atoms with van der Waals surface area (Å²) >= 11 is 1.27. The van der Waals surface area contributed by atoms with Crippen LogP contribution in [0.15, 0.2) is 16.0 Å². The molecule has 5 nitrogen and oxygen atoms in total. The van der Waals surface area contributed by atoms with Gasteiger partial charge in [0.25, 0.3) is 5.56 Å². The first-order valence-corrected chi connectivity index (χ1v) is 8.44. The predicted octanol–water partition coefficient (Wildman–Crippen LogP) is 2.11. The Morgan fingerprint density at radius 3 is 2.95 bits per heavy atom. The van der Waals surface area contributed by atoms with E-state index in [1.165, 1.54) is 30.7 Å². The second kappa shape index (κ2) is 7.11. The Hall–Kier alpha value is -1.30. The van der Waals surface area contributed by atoms with E-state index in [-0.39, 0.29) is 23.3 Å². The molecule has 0 radical (unpaired) electrons. The van der Waals surface area contributed by atoms with E-state index in [0.29, 0.717) is 22.7 Å². The van der Waals surface area contributed by atoms with E-state index >= 15 is 0 Å². The van der Waals surface area contributed by atoms with Crippen molar-refractivity contribution in [2.45, 2.75) is 51.2 Å². The lowest BCUT2D eigenvalue weighted by Crippen LogP contribution is -2.44. The number of carbonyl (C=O) groups is 1. The standard InChI is InChI=1S/C15H23N3O2S/c1-9-5-4-6-12(11(9)3)17-14(20)8-21-15-16-10(2)7-13(19)18-15/h7,9,11-12H,4-6,8H2,1-3H3,(H,17,20)(H,16,18,19)/t9-,11+,12+/m1/s1. The molecule has 0 bridgehead atoms. The van der Waals surface area contributed by atoms with Gasteiger partial charge in [-0.1, -0.05) is 38.5 Å². The van der Waals surface area contributed by atoms with Crippen molar-refractivity contribution in [3.63, 3.8) is 0 Å². The van der Waals surface area contributed by atoms with Crippen LogP contribution in [0.5, 0.6) is 0 Å². The van der Waals surface area contributed by atoms with Gasteiger partial charge in [-0.15, -0.1) is 0 Å². The monoisotopic (exact) mass is 309 g/mol. The largest absolute Gasteiger partial charge is 0.352 e. The first-order valence-electron chi connectivity index (χ1n) is 7.46. The Morgan fingerprint density at radius 1 is 1.48 bits per heavy atom. The van der Waals surface area contributed by atoms with Gasteiger partial charge in [0.05, 0.1) is 5.75 Å². The zero-order valence-corrected chi connectivity index (χ0v) is 13.6. The molecule has 1 aliphatic carbocycles. The molecular formula is C15H23N3O2S. The van der Waals surface area contributed by atoms with E-state index < -0.39 is 0 Å². The van der Waals surface area contributed by atoms with Crippen molar-refractivity contribution in [1.82, 2.24) is 15.3 Å². The number of nitrogens with one attached hydrogen (secondary N) is 2. The summed E-state index contributed by atoms with van der Waals surface area (Å²) in [5, 5.41) is 3.62. The number of hydrogen-bond acceptors (Lipinski definition) is 4. The molecule has 1 aromatic rings. The molecule has 21 heavy (non-hydrogen) atoms. The summed E-state index contributed by atoms with van der Waals surface area (Å²) < 4.78 is 0. The zero-order chi connectivity index (χ0) is 15.4. The molecule has 0 unspecified atom stereocenters. The van der Waals surface area contributed by atoms with Gasteiger partial charge in [-0.25, -0.2) is 4.98 Å². The maximum absolute atomic E-state index is 12.1. The number of hydrogen-bond donors (Lipinski definition) is 2. The molecule has 3 atom stereocenters. The minimum atomic E-state index is -0.180. The lowest BCUT2D eigenvalue weighted by molar-refractivity contribution is -0.120. The van der Waals surface area contributed by atoms with Gasteiger partial charge < -0.3 is 10.3 Å². The second-order valence-electron chi connectivity index (χ2n) is 5.92. The summed E-state index contributed by atoms with van der Waals surface area (Å²) in [5.74, 6) is 1.47. The van der Waals surface area contributed by atoms with E-state index in [1.807, 2.05) is 0 Å². The Labute approximate surface area is 129 Å². The van der Waals surface area contributed by atoms with Gasteiger partial charge in [-0.2, -0.15) is 0 Å². The summed E-state index contributed by atoms with van der Waals surface area (Å²) in [6, 6.07) is 1.71. The molecule has 1 aliphatic rings. The minimum absolute atomic E-state index is 0.00936. The van der Waals surface area contributed by atoms with Crippen molar-refractivity contribution in [1.29, 1.82) is 0 Å². The third-order valence-corrected chi connectivity index (χ3v) is 5.11. The topological polar surface area (TPSA) is 74.8 Å². The first kappa shape index (κ1) is 16.1. The third-order valence-electron chi connectivity index (χ3n) is 4.24. The van der Waals surface area contributed by atoms with E-state index in [9.17, 15) is 9.59 Å². The van der Waals surface area contributed by atoms with Crippen LogP contribution in [-0.4, -0.2) is 27.7 Å². The van der Waals surface area contributed by atoms with Crippen LogP contribution < -0.4 is 10.9 Å². The Morgan fingerprint density at radius 2 is 2.24 bits per heavy atom. The van der Waals surface area contributed by atoms with Crippen LogP contribution in [0, 0.1) is 18.8 Å². The average Bonchev–Trinajstić information content (AvgIpc) is 2.41. The third kappa shape index (κ3) is 4.59. The highest BCUT2D eigenvalue weighted by Crippen LogP contribution is 2.29. The maximum Gasteiger partial charge on any atom is 0.251 e. The lowest BCUT2D eigenvalue weighted by atomic mass is 9.78. The number of nitrogens with zero attached hydrogens (tertiary/aromatic N) is 1. The molecule has 1 saturated carbocycles. The predicted molar refractivity (Wildman–Crippen MR) is 84.4 cm³/mol. The van der Waals surface area contributed by atoms with Crippen molar-refractivity contribution in [2.24, 2.45) is 11.8 Å². The van der Waals surface area contributed by atoms with Crippen LogP contribution in [0.25, 0.3) is 0 Å². The SMILES string of the molecule is Cc1cc(=O)[nH]c(SCC(=O)N[C@H]2CCC[C@@H](C)[C@@H]2C)n1. The quantitative estimate of drug-likeness (QED) is 0.660. The van der Waals surface area contributed by atoms with E-state index in [0.717, 1.165) is 6.42 Å². The summed E-state index contributed by atoms with van der Waals surface area (Å²) in [6.45, 7) is 6.23. The van der Waals surface area contributed by atoms with Gasteiger partial charge in [0, 0.05) is 17.8 Å². The summed E-state index contributed by atoms with van der Waals surface area (Å²) in [6.07, 6.45) is 3.48. The molecular weight excluding hydrogens is 286 g/mol. The van der Waals surface area contributed by atoms with Crippen LogP contribution in [0.3, 0.4) is 0 Å².